The maximum absolute atomic E-state index is 11.3. The van der Waals surface area contributed by atoms with Crippen molar-refractivity contribution in [2.45, 2.75) is 35.8 Å². The highest BCUT2D eigenvalue weighted by molar-refractivity contribution is 7.99. The van der Waals surface area contributed by atoms with Gasteiger partial charge in [0.1, 0.15) is 23.8 Å². The van der Waals surface area contributed by atoms with Crippen molar-refractivity contribution in [3.63, 3.8) is 0 Å². The van der Waals surface area contributed by atoms with Gasteiger partial charge in [-0.05, 0) is 37.6 Å². The number of hydrogen-bond donors (Lipinski definition) is 2. The molecular formula is C17H24ClNO5S. The highest BCUT2D eigenvalue weighted by Crippen LogP contribution is 2.39. The fraction of sp³-hybridized carbons (Fsp3) is 0.588. The summed E-state index contributed by atoms with van der Waals surface area (Å²) in [6.45, 7) is 2.92. The number of benzene rings is 1. The summed E-state index contributed by atoms with van der Waals surface area (Å²) in [6, 6.07) is 4.86. The molecular weight excluding hydrogens is 366 g/mol. The Kier molecular flexibility index (Phi) is 7.83. The van der Waals surface area contributed by atoms with Crippen LogP contribution in [0.5, 0.6) is 5.75 Å². The fourth-order valence-electron chi connectivity index (χ4n) is 2.77. The monoisotopic (exact) mass is 389 g/mol. The van der Waals surface area contributed by atoms with Crippen molar-refractivity contribution in [2.24, 2.45) is 5.92 Å². The molecule has 0 saturated carbocycles. The quantitative estimate of drug-likeness (QED) is 0.629. The molecule has 1 aliphatic heterocycles. The highest BCUT2D eigenvalue weighted by atomic mass is 35.5. The zero-order valence-corrected chi connectivity index (χ0v) is 16.1. The Morgan fingerprint density at radius 3 is 2.92 bits per heavy atom. The van der Waals surface area contributed by atoms with Crippen LogP contribution in [-0.2, 0) is 14.3 Å². The van der Waals surface area contributed by atoms with Gasteiger partial charge in [0.15, 0.2) is 0 Å². The van der Waals surface area contributed by atoms with E-state index in [1.165, 1.54) is 0 Å². The van der Waals surface area contributed by atoms with Crippen LogP contribution in [-0.4, -0.2) is 56.0 Å². The molecule has 0 radical (unpaired) electrons. The van der Waals surface area contributed by atoms with Gasteiger partial charge < -0.3 is 24.6 Å². The van der Waals surface area contributed by atoms with Crippen molar-refractivity contribution in [2.75, 3.05) is 27.4 Å². The number of carboxylic acids is 1. The van der Waals surface area contributed by atoms with Crippen LogP contribution >= 0.6 is 23.4 Å². The molecule has 0 aliphatic carbocycles. The first-order valence-corrected chi connectivity index (χ1v) is 9.35. The molecule has 0 bridgehead atoms. The van der Waals surface area contributed by atoms with E-state index in [4.69, 9.17) is 25.8 Å². The molecule has 2 rings (SSSR count). The van der Waals surface area contributed by atoms with Crippen LogP contribution in [0.4, 0.5) is 0 Å². The van der Waals surface area contributed by atoms with Gasteiger partial charge >= 0.3 is 5.97 Å². The second-order valence-electron chi connectivity index (χ2n) is 5.90. The minimum absolute atomic E-state index is 0.108. The molecule has 140 valence electrons. The number of carbonyl (C=O) groups is 1. The summed E-state index contributed by atoms with van der Waals surface area (Å²) < 4.78 is 16.6. The number of halogens is 1. The average Bonchev–Trinajstić information content (AvgIpc) is 2.91. The van der Waals surface area contributed by atoms with E-state index in [1.54, 1.807) is 32.0 Å². The van der Waals surface area contributed by atoms with Gasteiger partial charge in [0, 0.05) is 12.0 Å². The Morgan fingerprint density at radius 1 is 1.52 bits per heavy atom. The zero-order valence-electron chi connectivity index (χ0n) is 14.5. The van der Waals surface area contributed by atoms with Gasteiger partial charge in [0.25, 0.3) is 0 Å². The number of rotatable bonds is 9. The Labute approximate surface area is 157 Å². The first kappa shape index (κ1) is 20.3. The SMILES string of the molecule is CNC(C(=O)O)[C@@H]1OC(Sc2ccc(Cl)c(OCCOC)c2)C[C@H]1C. The predicted molar refractivity (Wildman–Crippen MR) is 97.6 cm³/mol. The first-order chi connectivity index (χ1) is 12.0. The molecule has 1 heterocycles. The molecule has 6 nitrogen and oxygen atoms in total. The third-order valence-corrected chi connectivity index (χ3v) is 5.46. The Hall–Kier alpha value is -0.990. The molecule has 4 atom stereocenters. The maximum Gasteiger partial charge on any atom is 0.323 e. The van der Waals surface area contributed by atoms with Crippen molar-refractivity contribution in [1.29, 1.82) is 0 Å². The summed E-state index contributed by atoms with van der Waals surface area (Å²) >= 11 is 7.70. The van der Waals surface area contributed by atoms with E-state index in [0.29, 0.717) is 24.0 Å². The molecule has 8 heteroatoms. The largest absolute Gasteiger partial charge is 0.490 e. The molecule has 1 aromatic carbocycles. The van der Waals surface area contributed by atoms with E-state index < -0.39 is 12.0 Å². The minimum Gasteiger partial charge on any atom is -0.490 e. The second kappa shape index (κ2) is 9.64. The van der Waals surface area contributed by atoms with Gasteiger partial charge in [0.05, 0.1) is 17.7 Å². The van der Waals surface area contributed by atoms with Crippen molar-refractivity contribution in [3.05, 3.63) is 23.2 Å². The van der Waals surface area contributed by atoms with E-state index in [-0.39, 0.29) is 17.5 Å². The van der Waals surface area contributed by atoms with Crippen LogP contribution in [0.1, 0.15) is 13.3 Å². The molecule has 0 spiro atoms. The van der Waals surface area contributed by atoms with Gasteiger partial charge in [-0.1, -0.05) is 30.3 Å². The number of aliphatic carboxylic acids is 1. The molecule has 0 amide bonds. The van der Waals surface area contributed by atoms with Crippen LogP contribution in [0.25, 0.3) is 0 Å². The lowest BCUT2D eigenvalue weighted by Gasteiger charge is -2.22. The van der Waals surface area contributed by atoms with E-state index >= 15 is 0 Å². The van der Waals surface area contributed by atoms with Gasteiger partial charge in [0.2, 0.25) is 0 Å². The summed E-state index contributed by atoms with van der Waals surface area (Å²) in [4.78, 5) is 12.3. The summed E-state index contributed by atoms with van der Waals surface area (Å²) in [6.07, 6.45) is 0.424. The molecule has 1 fully saturated rings. The van der Waals surface area contributed by atoms with E-state index in [2.05, 4.69) is 5.32 Å². The number of ether oxygens (including phenoxy) is 3. The van der Waals surface area contributed by atoms with Crippen LogP contribution in [0.3, 0.4) is 0 Å². The van der Waals surface area contributed by atoms with Crippen molar-refractivity contribution in [1.82, 2.24) is 5.32 Å². The number of nitrogens with one attached hydrogen (secondary N) is 1. The number of carboxylic acid groups (broad SMARTS) is 1. The Bertz CT molecular complexity index is 588. The standard InChI is InChI=1S/C17H24ClNO5S/c1-10-8-14(24-16(10)15(19-2)17(20)21)25-11-4-5-12(18)13(9-11)23-7-6-22-3/h4-5,9-10,14-16,19H,6-8H2,1-3H3,(H,20,21)/t10-,14?,15?,16-/m1/s1. The van der Waals surface area contributed by atoms with Crippen molar-refractivity contribution in [3.8, 4) is 5.75 Å². The molecule has 0 aromatic heterocycles. The summed E-state index contributed by atoms with van der Waals surface area (Å²) in [5.74, 6) is -0.147. The van der Waals surface area contributed by atoms with Crippen LogP contribution in [0, 0.1) is 5.92 Å². The highest BCUT2D eigenvalue weighted by Gasteiger charge is 2.40. The van der Waals surface area contributed by atoms with Crippen LogP contribution in [0.15, 0.2) is 23.1 Å². The number of hydrogen-bond acceptors (Lipinski definition) is 6. The lowest BCUT2D eigenvalue weighted by molar-refractivity contribution is -0.143. The number of thioether (sulfide) groups is 1. The summed E-state index contributed by atoms with van der Waals surface area (Å²) in [5.41, 5.74) is -0.108. The lowest BCUT2D eigenvalue weighted by Crippen LogP contribution is -2.46. The van der Waals surface area contributed by atoms with E-state index in [0.717, 1.165) is 11.3 Å². The number of likely N-dealkylation sites (N-methyl/N-ethyl adjacent to an activating group) is 1. The molecule has 2 N–H and O–H groups in total. The third kappa shape index (κ3) is 5.49. The second-order valence-corrected chi connectivity index (χ2v) is 7.54. The van der Waals surface area contributed by atoms with Gasteiger partial charge in [-0.15, -0.1) is 0 Å². The minimum atomic E-state index is -0.898. The van der Waals surface area contributed by atoms with Gasteiger partial charge in [-0.2, -0.15) is 0 Å². The van der Waals surface area contributed by atoms with Crippen LogP contribution in [0.2, 0.25) is 5.02 Å². The predicted octanol–water partition coefficient (Wildman–Crippen LogP) is 2.88. The molecule has 25 heavy (non-hydrogen) atoms. The summed E-state index contributed by atoms with van der Waals surface area (Å²) in [5, 5.41) is 12.7. The van der Waals surface area contributed by atoms with Crippen molar-refractivity contribution < 1.29 is 24.1 Å². The van der Waals surface area contributed by atoms with E-state index in [1.807, 2.05) is 19.1 Å². The molecule has 1 aliphatic rings. The molecule has 1 aromatic rings. The molecule has 1 saturated heterocycles. The number of methoxy groups -OCH3 is 1. The zero-order chi connectivity index (χ0) is 18.4. The summed E-state index contributed by atoms with van der Waals surface area (Å²) in [7, 11) is 3.25. The van der Waals surface area contributed by atoms with Crippen molar-refractivity contribution >= 4 is 29.3 Å². The normalized spacial score (nSPS) is 24.2. The van der Waals surface area contributed by atoms with Crippen LogP contribution < -0.4 is 10.1 Å². The maximum atomic E-state index is 11.3. The first-order valence-electron chi connectivity index (χ1n) is 8.09. The average molecular weight is 390 g/mol. The smallest absolute Gasteiger partial charge is 0.323 e. The lowest BCUT2D eigenvalue weighted by atomic mass is 9.98. The van der Waals surface area contributed by atoms with Gasteiger partial charge in [-0.3, -0.25) is 4.79 Å². The Balaban J connectivity index is 2.00. The fourth-order valence-corrected chi connectivity index (χ4v) is 4.15. The topological polar surface area (TPSA) is 77.0 Å². The van der Waals surface area contributed by atoms with E-state index in [9.17, 15) is 9.90 Å². The third-order valence-electron chi connectivity index (χ3n) is 4.05. The molecule has 2 unspecified atom stereocenters. The van der Waals surface area contributed by atoms with Gasteiger partial charge in [-0.25, -0.2) is 0 Å². The Morgan fingerprint density at radius 2 is 2.28 bits per heavy atom.